The van der Waals surface area contributed by atoms with E-state index in [9.17, 15) is 0 Å². The Labute approximate surface area is 228 Å². The van der Waals surface area contributed by atoms with Gasteiger partial charge in [0.15, 0.2) is 0 Å². The van der Waals surface area contributed by atoms with Gasteiger partial charge in [-0.1, -0.05) is 78.9 Å². The first-order valence-corrected chi connectivity index (χ1v) is 13.4. The molecule has 9 rings (SSSR count). The topological polar surface area (TPSA) is 48.5 Å². The van der Waals surface area contributed by atoms with Gasteiger partial charge in [-0.25, -0.2) is 9.97 Å². The Morgan fingerprint density at radius 2 is 1.27 bits per heavy atom. The summed E-state index contributed by atoms with van der Waals surface area (Å²) in [5.74, 6) is 0.645. The standard InChI is InChI=1S/C35H21N5/c1-2-11-24(12-3-1)39-29-15-7-5-13-25(29)26-17-18-27-31-30(19-16-22-10-8-20-36-32(22)31)40(34(27)33(26)39)35-37-21-23-9-4-6-14-28(23)38-35/h1-21H. The van der Waals surface area contributed by atoms with Gasteiger partial charge in [-0.15, -0.1) is 0 Å². The maximum absolute atomic E-state index is 5.08. The van der Waals surface area contributed by atoms with Gasteiger partial charge >= 0.3 is 0 Å². The van der Waals surface area contributed by atoms with Crippen LogP contribution in [0.1, 0.15) is 0 Å². The first-order chi connectivity index (χ1) is 19.9. The van der Waals surface area contributed by atoms with Crippen LogP contribution in [0.5, 0.6) is 0 Å². The van der Waals surface area contributed by atoms with E-state index in [0.29, 0.717) is 5.95 Å². The van der Waals surface area contributed by atoms with Crippen LogP contribution in [0.2, 0.25) is 0 Å². The average Bonchev–Trinajstić information content (AvgIpc) is 3.54. The van der Waals surface area contributed by atoms with Crippen molar-refractivity contribution in [3.8, 4) is 11.6 Å². The fourth-order valence-electron chi connectivity index (χ4n) is 6.30. The predicted octanol–water partition coefficient (Wildman–Crippen LogP) is 8.37. The van der Waals surface area contributed by atoms with Crippen LogP contribution in [-0.2, 0) is 0 Å². The van der Waals surface area contributed by atoms with Gasteiger partial charge in [0.25, 0.3) is 0 Å². The van der Waals surface area contributed by atoms with Gasteiger partial charge in [0.2, 0.25) is 5.95 Å². The van der Waals surface area contributed by atoms with Crippen molar-refractivity contribution in [1.29, 1.82) is 0 Å². The lowest BCUT2D eigenvalue weighted by Gasteiger charge is -2.11. The van der Waals surface area contributed by atoms with E-state index in [2.05, 4.69) is 94.1 Å². The van der Waals surface area contributed by atoms with Crippen molar-refractivity contribution < 1.29 is 0 Å². The van der Waals surface area contributed by atoms with Crippen molar-refractivity contribution in [2.24, 2.45) is 0 Å². The Morgan fingerprint density at radius 3 is 2.23 bits per heavy atom. The highest BCUT2D eigenvalue weighted by Crippen LogP contribution is 2.42. The highest BCUT2D eigenvalue weighted by atomic mass is 15.2. The molecule has 40 heavy (non-hydrogen) atoms. The van der Waals surface area contributed by atoms with Crippen LogP contribution < -0.4 is 0 Å². The Kier molecular flexibility index (Phi) is 4.27. The molecule has 0 bridgehead atoms. The van der Waals surface area contributed by atoms with Crippen LogP contribution in [-0.4, -0.2) is 24.1 Å². The molecule has 0 aliphatic heterocycles. The zero-order chi connectivity index (χ0) is 26.2. The zero-order valence-electron chi connectivity index (χ0n) is 21.4. The van der Waals surface area contributed by atoms with E-state index in [0.717, 1.165) is 60.3 Å². The number of nitrogens with zero attached hydrogens (tertiary/aromatic N) is 5. The van der Waals surface area contributed by atoms with Crippen molar-refractivity contribution in [2.75, 3.05) is 0 Å². The summed E-state index contributed by atoms with van der Waals surface area (Å²) in [5.41, 5.74) is 7.40. The van der Waals surface area contributed by atoms with E-state index in [1.807, 2.05) is 42.7 Å². The molecule has 5 nitrogen and oxygen atoms in total. The molecule has 0 N–H and O–H groups in total. The molecule has 9 aromatic rings. The summed E-state index contributed by atoms with van der Waals surface area (Å²) in [5, 5.41) is 6.76. The summed E-state index contributed by atoms with van der Waals surface area (Å²) in [6.45, 7) is 0. The average molecular weight is 512 g/mol. The molecule has 0 saturated carbocycles. The minimum absolute atomic E-state index is 0.645. The molecule has 5 heteroatoms. The summed E-state index contributed by atoms with van der Waals surface area (Å²) in [4.78, 5) is 14.9. The lowest BCUT2D eigenvalue weighted by atomic mass is 10.1. The molecular weight excluding hydrogens is 490 g/mol. The van der Waals surface area contributed by atoms with Crippen molar-refractivity contribution in [1.82, 2.24) is 24.1 Å². The van der Waals surface area contributed by atoms with E-state index in [4.69, 9.17) is 15.0 Å². The van der Waals surface area contributed by atoms with Crippen LogP contribution >= 0.6 is 0 Å². The Bertz CT molecular complexity index is 2430. The minimum Gasteiger partial charge on any atom is -0.307 e. The maximum atomic E-state index is 5.08. The maximum Gasteiger partial charge on any atom is 0.235 e. The summed E-state index contributed by atoms with van der Waals surface area (Å²) in [7, 11) is 0. The van der Waals surface area contributed by atoms with Crippen molar-refractivity contribution >= 4 is 65.4 Å². The Hall–Kier alpha value is -5.55. The van der Waals surface area contributed by atoms with E-state index in [1.54, 1.807) is 0 Å². The summed E-state index contributed by atoms with van der Waals surface area (Å²) in [6.07, 6.45) is 3.79. The van der Waals surface area contributed by atoms with E-state index >= 15 is 0 Å². The fraction of sp³-hybridized carbons (Fsp3) is 0. The van der Waals surface area contributed by atoms with E-state index in [1.165, 1.54) is 10.8 Å². The second-order valence-electron chi connectivity index (χ2n) is 10.1. The van der Waals surface area contributed by atoms with Crippen LogP contribution in [0.15, 0.2) is 128 Å². The summed E-state index contributed by atoms with van der Waals surface area (Å²) in [6, 6.07) is 40.3. The molecule has 5 aromatic carbocycles. The molecule has 0 aliphatic rings. The third-order valence-corrected chi connectivity index (χ3v) is 7.99. The van der Waals surface area contributed by atoms with Gasteiger partial charge in [-0.05, 0) is 36.4 Å². The third-order valence-electron chi connectivity index (χ3n) is 7.99. The predicted molar refractivity (Wildman–Crippen MR) is 164 cm³/mol. The van der Waals surface area contributed by atoms with Crippen molar-refractivity contribution in [2.45, 2.75) is 0 Å². The normalized spacial score (nSPS) is 12.0. The number of pyridine rings is 1. The van der Waals surface area contributed by atoms with Gasteiger partial charge < -0.3 is 4.57 Å². The highest BCUT2D eigenvalue weighted by Gasteiger charge is 2.23. The molecule has 0 atom stereocenters. The van der Waals surface area contributed by atoms with Gasteiger partial charge in [0.05, 0.1) is 33.1 Å². The molecule has 0 fully saturated rings. The monoisotopic (exact) mass is 511 g/mol. The number of benzene rings is 5. The first-order valence-electron chi connectivity index (χ1n) is 13.4. The molecule has 186 valence electrons. The quantitative estimate of drug-likeness (QED) is 0.234. The van der Waals surface area contributed by atoms with Gasteiger partial charge in [-0.3, -0.25) is 9.55 Å². The third kappa shape index (κ3) is 2.83. The van der Waals surface area contributed by atoms with Crippen LogP contribution in [0.25, 0.3) is 77.1 Å². The highest BCUT2D eigenvalue weighted by molar-refractivity contribution is 6.27. The lowest BCUT2D eigenvalue weighted by Crippen LogP contribution is -2.03. The Morgan fingerprint density at radius 1 is 0.500 bits per heavy atom. The number of hydrogen-bond donors (Lipinski definition) is 0. The van der Waals surface area contributed by atoms with E-state index < -0.39 is 0 Å². The van der Waals surface area contributed by atoms with Gasteiger partial charge in [0.1, 0.15) is 0 Å². The largest absolute Gasteiger partial charge is 0.307 e. The van der Waals surface area contributed by atoms with Crippen LogP contribution in [0.4, 0.5) is 0 Å². The molecule has 0 amide bonds. The number of para-hydroxylation sites is 3. The van der Waals surface area contributed by atoms with Crippen LogP contribution in [0.3, 0.4) is 0 Å². The van der Waals surface area contributed by atoms with Gasteiger partial charge in [-0.2, -0.15) is 0 Å². The van der Waals surface area contributed by atoms with Crippen molar-refractivity contribution in [3.05, 3.63) is 128 Å². The second kappa shape index (κ2) is 7.98. The van der Waals surface area contributed by atoms with Crippen LogP contribution in [0, 0.1) is 0 Å². The fourth-order valence-corrected chi connectivity index (χ4v) is 6.30. The smallest absolute Gasteiger partial charge is 0.235 e. The Balaban J connectivity index is 1.57. The SMILES string of the molecule is c1ccc(-n2c3ccccc3c3ccc4c5c6ncccc6ccc5n(-c5ncc6ccccc6n5)c4c32)cc1. The lowest BCUT2D eigenvalue weighted by molar-refractivity contribution is 1.01. The minimum atomic E-state index is 0.645. The summed E-state index contributed by atoms with van der Waals surface area (Å²) >= 11 is 0. The molecule has 4 aromatic heterocycles. The number of aromatic nitrogens is 5. The molecule has 0 aliphatic carbocycles. The van der Waals surface area contributed by atoms with E-state index in [-0.39, 0.29) is 0 Å². The first kappa shape index (κ1) is 21.4. The molecular formula is C35H21N5. The molecule has 0 unspecified atom stereocenters. The number of fused-ring (bicyclic) bond motifs is 10. The second-order valence-corrected chi connectivity index (χ2v) is 10.1. The molecule has 0 saturated heterocycles. The van der Waals surface area contributed by atoms with Crippen molar-refractivity contribution in [3.63, 3.8) is 0 Å². The molecule has 0 spiro atoms. The molecule has 0 radical (unpaired) electrons. The summed E-state index contributed by atoms with van der Waals surface area (Å²) < 4.78 is 4.60. The zero-order valence-corrected chi connectivity index (χ0v) is 21.4. The number of rotatable bonds is 2. The molecule has 4 heterocycles. The number of hydrogen-bond acceptors (Lipinski definition) is 3. The van der Waals surface area contributed by atoms with Gasteiger partial charge in [0, 0.05) is 50.4 Å².